The molecule has 0 bridgehead atoms. The largest absolute Gasteiger partial charge is 0.454 e. The van der Waals surface area contributed by atoms with E-state index >= 15 is 0 Å². The van der Waals surface area contributed by atoms with Crippen molar-refractivity contribution in [2.24, 2.45) is 0 Å². The minimum Gasteiger partial charge on any atom is -0.454 e. The summed E-state index contributed by atoms with van der Waals surface area (Å²) in [7, 11) is 0. The lowest BCUT2D eigenvalue weighted by Gasteiger charge is -2.27. The van der Waals surface area contributed by atoms with Gasteiger partial charge in [0.2, 0.25) is 6.79 Å². The van der Waals surface area contributed by atoms with Crippen LogP contribution in [0.1, 0.15) is 17.4 Å². The molecule has 26 heavy (non-hydrogen) atoms. The molecule has 2 aliphatic heterocycles. The fraction of sp³-hybridized carbons (Fsp3) is 0.150. The van der Waals surface area contributed by atoms with Gasteiger partial charge in [-0.2, -0.15) is 5.10 Å². The topological polar surface area (TPSA) is 59.8 Å². The van der Waals surface area contributed by atoms with Gasteiger partial charge in [0.25, 0.3) is 0 Å². The van der Waals surface area contributed by atoms with Crippen LogP contribution in [-0.4, -0.2) is 21.7 Å². The van der Waals surface area contributed by atoms with E-state index in [1.165, 1.54) is 11.1 Å². The van der Waals surface area contributed by atoms with Gasteiger partial charge in [0, 0.05) is 18.0 Å². The van der Waals surface area contributed by atoms with Gasteiger partial charge in [0.1, 0.15) is 5.82 Å². The lowest BCUT2D eigenvalue weighted by Crippen LogP contribution is -2.22. The van der Waals surface area contributed by atoms with Crippen LogP contribution in [0.3, 0.4) is 0 Å². The second kappa shape index (κ2) is 5.93. The lowest BCUT2D eigenvalue weighted by atomic mass is 10.0. The van der Waals surface area contributed by atoms with E-state index in [1.807, 2.05) is 29.3 Å². The molecule has 2 aliphatic rings. The van der Waals surface area contributed by atoms with Gasteiger partial charge < -0.3 is 19.5 Å². The normalized spacial score (nSPS) is 17.4. The maximum Gasteiger partial charge on any atom is 0.231 e. The number of hydrogen-bond acceptors (Lipinski definition) is 5. The summed E-state index contributed by atoms with van der Waals surface area (Å²) in [6.07, 6.45) is 5.37. The summed E-state index contributed by atoms with van der Waals surface area (Å²) in [5.41, 5.74) is 3.41. The van der Waals surface area contributed by atoms with Crippen LogP contribution in [0.4, 0.5) is 11.5 Å². The maximum absolute atomic E-state index is 9.96. The number of aromatic nitrogens is 2. The fourth-order valence-corrected chi connectivity index (χ4v) is 3.30. The van der Waals surface area contributed by atoms with Gasteiger partial charge >= 0.3 is 0 Å². The van der Waals surface area contributed by atoms with Crippen molar-refractivity contribution in [2.75, 3.05) is 11.7 Å². The van der Waals surface area contributed by atoms with E-state index in [0.29, 0.717) is 6.79 Å². The third-order valence-electron chi connectivity index (χ3n) is 4.61. The Labute approximate surface area is 150 Å². The molecule has 0 aliphatic carbocycles. The number of benzene rings is 2. The number of rotatable bonds is 3. The molecule has 1 N–H and O–H groups in total. The highest BCUT2D eigenvalue weighted by Crippen LogP contribution is 2.34. The Hall–Kier alpha value is -3.25. The predicted molar refractivity (Wildman–Crippen MR) is 96.6 cm³/mol. The summed E-state index contributed by atoms with van der Waals surface area (Å²) < 4.78 is 12.4. The van der Waals surface area contributed by atoms with Crippen LogP contribution in [0.15, 0.2) is 67.0 Å². The zero-order valence-electron chi connectivity index (χ0n) is 13.9. The Morgan fingerprint density at radius 1 is 1.00 bits per heavy atom. The first-order valence-electron chi connectivity index (χ1n) is 8.44. The van der Waals surface area contributed by atoms with Crippen molar-refractivity contribution in [3.63, 3.8) is 0 Å². The van der Waals surface area contributed by atoms with Gasteiger partial charge in [0.15, 0.2) is 17.7 Å². The summed E-state index contributed by atoms with van der Waals surface area (Å²) in [4.78, 5) is 2.00. The number of anilines is 2. The molecule has 130 valence electrons. The van der Waals surface area contributed by atoms with E-state index in [-0.39, 0.29) is 0 Å². The molecule has 3 heterocycles. The average Bonchev–Trinajstić information content (AvgIpc) is 3.32. The van der Waals surface area contributed by atoms with Crippen LogP contribution >= 0.6 is 0 Å². The molecule has 0 amide bonds. The summed E-state index contributed by atoms with van der Waals surface area (Å²) >= 11 is 0. The highest BCUT2D eigenvalue weighted by atomic mass is 16.7. The highest BCUT2D eigenvalue weighted by Gasteiger charge is 2.20. The summed E-state index contributed by atoms with van der Waals surface area (Å²) in [6, 6.07) is 16.3. The Morgan fingerprint density at radius 3 is 2.69 bits per heavy atom. The summed E-state index contributed by atoms with van der Waals surface area (Å²) in [6.45, 7) is 0.294. The van der Waals surface area contributed by atoms with Crippen molar-refractivity contribution in [3.05, 3.63) is 78.1 Å². The molecule has 0 spiro atoms. The Balaban J connectivity index is 1.37. The molecule has 1 unspecified atom stereocenters. The third kappa shape index (κ3) is 2.51. The SMILES string of the molecule is OC1C=CN(c2ccc(Cc3ccc4c(c3)OCO4)cc2)c2ccnn21. The molecule has 2 aromatic carbocycles. The van der Waals surface area contributed by atoms with E-state index < -0.39 is 6.23 Å². The van der Waals surface area contributed by atoms with E-state index in [2.05, 4.69) is 35.4 Å². The van der Waals surface area contributed by atoms with Crippen LogP contribution < -0.4 is 14.4 Å². The first kappa shape index (κ1) is 15.0. The monoisotopic (exact) mass is 347 g/mol. The Bertz CT molecular complexity index is 978. The zero-order valence-corrected chi connectivity index (χ0v) is 13.9. The highest BCUT2D eigenvalue weighted by molar-refractivity contribution is 5.64. The van der Waals surface area contributed by atoms with Crippen molar-refractivity contribution in [3.8, 4) is 11.5 Å². The van der Waals surface area contributed by atoms with Crippen LogP contribution in [0.2, 0.25) is 0 Å². The van der Waals surface area contributed by atoms with Gasteiger partial charge in [-0.25, -0.2) is 4.68 Å². The standard InChI is InChI=1S/C20H17N3O3/c24-20-8-10-22(19-7-9-21-23(19)20)16-4-1-14(2-5-16)11-15-3-6-17-18(12-15)26-13-25-17/h1-10,12,20,24H,11,13H2. The molecule has 0 fully saturated rings. The zero-order chi connectivity index (χ0) is 17.5. The number of ether oxygens (including phenoxy) is 2. The predicted octanol–water partition coefficient (Wildman–Crippen LogP) is 3.36. The lowest BCUT2D eigenvalue weighted by molar-refractivity contribution is 0.139. The molecule has 6 nitrogen and oxygen atoms in total. The molecule has 1 atom stereocenters. The van der Waals surface area contributed by atoms with Crippen molar-refractivity contribution in [2.45, 2.75) is 12.6 Å². The molecule has 5 rings (SSSR count). The summed E-state index contributed by atoms with van der Waals surface area (Å²) in [5, 5.41) is 14.1. The van der Waals surface area contributed by atoms with Crippen molar-refractivity contribution in [1.82, 2.24) is 9.78 Å². The van der Waals surface area contributed by atoms with E-state index in [1.54, 1.807) is 17.0 Å². The Kier molecular flexibility index (Phi) is 3.43. The van der Waals surface area contributed by atoms with Crippen molar-refractivity contribution >= 4 is 11.5 Å². The van der Waals surface area contributed by atoms with E-state index in [4.69, 9.17) is 9.47 Å². The van der Waals surface area contributed by atoms with E-state index in [0.717, 1.165) is 29.4 Å². The van der Waals surface area contributed by atoms with Gasteiger partial charge in [-0.05, 0) is 47.9 Å². The van der Waals surface area contributed by atoms with Crippen LogP contribution in [0, 0.1) is 0 Å². The first-order chi connectivity index (χ1) is 12.8. The number of fused-ring (bicyclic) bond motifs is 2. The van der Waals surface area contributed by atoms with Crippen LogP contribution in [0.25, 0.3) is 0 Å². The molecule has 0 saturated heterocycles. The van der Waals surface area contributed by atoms with Gasteiger partial charge in [-0.1, -0.05) is 18.2 Å². The fourth-order valence-electron chi connectivity index (χ4n) is 3.30. The Morgan fingerprint density at radius 2 is 1.81 bits per heavy atom. The molecule has 3 aromatic rings. The van der Waals surface area contributed by atoms with Gasteiger partial charge in [-0.3, -0.25) is 0 Å². The van der Waals surface area contributed by atoms with Crippen LogP contribution in [0.5, 0.6) is 11.5 Å². The maximum atomic E-state index is 9.96. The molecular weight excluding hydrogens is 330 g/mol. The average molecular weight is 347 g/mol. The third-order valence-corrected chi connectivity index (χ3v) is 4.61. The molecule has 0 radical (unpaired) electrons. The minimum atomic E-state index is -0.721. The second-order valence-corrected chi connectivity index (χ2v) is 6.29. The van der Waals surface area contributed by atoms with Crippen LogP contribution in [-0.2, 0) is 6.42 Å². The smallest absolute Gasteiger partial charge is 0.231 e. The van der Waals surface area contributed by atoms with Gasteiger partial charge in [0.05, 0.1) is 6.20 Å². The van der Waals surface area contributed by atoms with Crippen molar-refractivity contribution < 1.29 is 14.6 Å². The number of hydrogen-bond donors (Lipinski definition) is 1. The first-order valence-corrected chi connectivity index (χ1v) is 8.44. The van der Waals surface area contributed by atoms with E-state index in [9.17, 15) is 5.11 Å². The summed E-state index contributed by atoms with van der Waals surface area (Å²) in [5.74, 6) is 2.45. The minimum absolute atomic E-state index is 0.294. The number of aliphatic hydroxyl groups excluding tert-OH is 1. The number of nitrogens with zero attached hydrogens (tertiary/aromatic N) is 3. The molecular formula is C20H17N3O3. The quantitative estimate of drug-likeness (QED) is 0.787. The number of aliphatic hydroxyl groups is 1. The molecule has 1 aromatic heterocycles. The molecule has 0 saturated carbocycles. The van der Waals surface area contributed by atoms with Gasteiger partial charge in [-0.15, -0.1) is 0 Å². The molecule has 6 heteroatoms. The van der Waals surface area contributed by atoms with Crippen molar-refractivity contribution in [1.29, 1.82) is 0 Å². The second-order valence-electron chi connectivity index (χ2n) is 6.29.